The molecule has 2 heterocycles. The maximum atomic E-state index is 14.6. The van der Waals surface area contributed by atoms with E-state index in [4.69, 9.17) is 4.74 Å². The van der Waals surface area contributed by atoms with E-state index in [1.165, 1.54) is 20.2 Å². The van der Waals surface area contributed by atoms with Gasteiger partial charge in [-0.25, -0.2) is 4.39 Å². The van der Waals surface area contributed by atoms with Gasteiger partial charge < -0.3 is 4.74 Å². The van der Waals surface area contributed by atoms with Crippen LogP contribution in [0.5, 0.6) is 0 Å². The molecule has 0 saturated carbocycles. The molecular formula is C22H21FN2O4. The average molecular weight is 396 g/mol. The SMILES string of the molecule is COC(=O)[C@]1(Cc2ccccc2)N[C@H](c2ccccc2F)[C@@H]2C(=O)N(C)C(=O)[C@H]21. The van der Waals surface area contributed by atoms with Crippen LogP contribution in [0.3, 0.4) is 0 Å². The Morgan fingerprint density at radius 2 is 1.76 bits per heavy atom. The number of rotatable bonds is 4. The lowest BCUT2D eigenvalue weighted by molar-refractivity contribution is -0.153. The van der Waals surface area contributed by atoms with Crippen molar-refractivity contribution < 1.29 is 23.5 Å². The van der Waals surface area contributed by atoms with Crippen molar-refractivity contribution in [1.82, 2.24) is 10.2 Å². The first-order chi connectivity index (χ1) is 13.9. The molecule has 4 atom stereocenters. The van der Waals surface area contributed by atoms with Gasteiger partial charge in [-0.15, -0.1) is 0 Å². The van der Waals surface area contributed by atoms with Gasteiger partial charge in [0.2, 0.25) is 11.8 Å². The summed E-state index contributed by atoms with van der Waals surface area (Å²) < 4.78 is 19.7. The maximum Gasteiger partial charge on any atom is 0.327 e. The standard InChI is InChI=1S/C22H21FN2O4/c1-25-19(26)16-17(20(25)27)22(21(28)29-2,12-13-8-4-3-5-9-13)24-18(16)14-10-6-7-11-15(14)23/h3-11,16-18,24H,12H2,1-2H3/t16-,17+,18-,22-/m1/s1. The van der Waals surface area contributed by atoms with Crippen LogP contribution in [-0.4, -0.2) is 42.4 Å². The van der Waals surface area contributed by atoms with E-state index in [2.05, 4.69) is 5.32 Å². The van der Waals surface area contributed by atoms with E-state index in [1.807, 2.05) is 30.3 Å². The van der Waals surface area contributed by atoms with Gasteiger partial charge in [0.05, 0.1) is 18.9 Å². The zero-order valence-corrected chi connectivity index (χ0v) is 16.1. The first-order valence-corrected chi connectivity index (χ1v) is 9.36. The van der Waals surface area contributed by atoms with Gasteiger partial charge in [-0.3, -0.25) is 24.6 Å². The van der Waals surface area contributed by atoms with Crippen LogP contribution in [-0.2, 0) is 25.5 Å². The summed E-state index contributed by atoms with van der Waals surface area (Å²) in [4.78, 5) is 40.1. The van der Waals surface area contributed by atoms with Crippen molar-refractivity contribution >= 4 is 17.8 Å². The Hall–Kier alpha value is -3.06. The van der Waals surface area contributed by atoms with Gasteiger partial charge in [0.25, 0.3) is 0 Å². The van der Waals surface area contributed by atoms with E-state index in [9.17, 15) is 18.8 Å². The highest BCUT2D eigenvalue weighted by molar-refractivity contribution is 6.09. The summed E-state index contributed by atoms with van der Waals surface area (Å²) in [6.07, 6.45) is 0.138. The van der Waals surface area contributed by atoms with Crippen LogP contribution >= 0.6 is 0 Å². The zero-order chi connectivity index (χ0) is 20.8. The van der Waals surface area contributed by atoms with Gasteiger partial charge in [0.15, 0.2) is 0 Å². The third-order valence-electron chi connectivity index (χ3n) is 5.99. The second-order valence-electron chi connectivity index (χ2n) is 7.51. The number of nitrogens with zero attached hydrogens (tertiary/aromatic N) is 1. The van der Waals surface area contributed by atoms with Crippen LogP contribution < -0.4 is 5.32 Å². The lowest BCUT2D eigenvalue weighted by Gasteiger charge is -2.32. The van der Waals surface area contributed by atoms with E-state index < -0.39 is 47.0 Å². The second kappa shape index (κ2) is 7.08. The predicted octanol–water partition coefficient (Wildman–Crippen LogP) is 1.86. The van der Waals surface area contributed by atoms with Crippen LogP contribution in [0, 0.1) is 17.7 Å². The molecule has 0 aromatic heterocycles. The number of imide groups is 1. The summed E-state index contributed by atoms with van der Waals surface area (Å²) >= 11 is 0. The molecule has 2 saturated heterocycles. The van der Waals surface area contributed by atoms with Crippen LogP contribution in [0.25, 0.3) is 0 Å². The van der Waals surface area contributed by atoms with E-state index in [0.717, 1.165) is 10.5 Å². The third-order valence-corrected chi connectivity index (χ3v) is 5.99. The number of benzene rings is 2. The molecule has 0 spiro atoms. The van der Waals surface area contributed by atoms with Crippen LogP contribution in [0.4, 0.5) is 4.39 Å². The van der Waals surface area contributed by atoms with E-state index in [-0.39, 0.29) is 12.0 Å². The van der Waals surface area contributed by atoms with Gasteiger partial charge >= 0.3 is 5.97 Å². The predicted molar refractivity (Wildman–Crippen MR) is 102 cm³/mol. The van der Waals surface area contributed by atoms with Crippen molar-refractivity contribution in [2.24, 2.45) is 11.8 Å². The van der Waals surface area contributed by atoms with Gasteiger partial charge in [-0.05, 0) is 11.6 Å². The highest BCUT2D eigenvalue weighted by atomic mass is 19.1. The summed E-state index contributed by atoms with van der Waals surface area (Å²) in [6, 6.07) is 14.4. The minimum Gasteiger partial charge on any atom is -0.468 e. The van der Waals surface area contributed by atoms with Gasteiger partial charge in [0.1, 0.15) is 11.4 Å². The Bertz CT molecular complexity index is 980. The molecule has 0 bridgehead atoms. The second-order valence-corrected chi connectivity index (χ2v) is 7.51. The quantitative estimate of drug-likeness (QED) is 0.631. The number of hydrogen-bond donors (Lipinski definition) is 1. The molecule has 0 radical (unpaired) electrons. The van der Waals surface area contributed by atoms with Crippen molar-refractivity contribution in [1.29, 1.82) is 0 Å². The Kier molecular flexibility index (Phi) is 4.70. The molecule has 2 fully saturated rings. The highest BCUT2D eigenvalue weighted by Gasteiger charge is 2.68. The van der Waals surface area contributed by atoms with E-state index in [1.54, 1.807) is 18.2 Å². The zero-order valence-electron chi connectivity index (χ0n) is 16.1. The molecule has 2 aliphatic rings. The third kappa shape index (κ3) is 2.84. The number of halogens is 1. The van der Waals surface area contributed by atoms with E-state index >= 15 is 0 Å². The molecule has 4 rings (SSSR count). The summed E-state index contributed by atoms with van der Waals surface area (Å²) in [5, 5.41) is 3.16. The van der Waals surface area contributed by atoms with Crippen molar-refractivity contribution in [3.05, 3.63) is 71.5 Å². The smallest absolute Gasteiger partial charge is 0.327 e. The summed E-state index contributed by atoms with van der Waals surface area (Å²) in [7, 11) is 2.64. The number of nitrogens with one attached hydrogen (secondary N) is 1. The minimum atomic E-state index is -1.48. The fraction of sp³-hybridized carbons (Fsp3) is 0.318. The summed E-state index contributed by atoms with van der Waals surface area (Å²) in [6.45, 7) is 0. The summed E-state index contributed by atoms with van der Waals surface area (Å²) in [5.41, 5.74) is -0.434. The normalized spacial score (nSPS) is 28.5. The lowest BCUT2D eigenvalue weighted by Crippen LogP contribution is -2.57. The first-order valence-electron chi connectivity index (χ1n) is 9.36. The highest BCUT2D eigenvalue weighted by Crippen LogP contribution is 2.50. The molecule has 0 aliphatic carbocycles. The molecule has 7 heteroatoms. The van der Waals surface area contributed by atoms with Crippen molar-refractivity contribution in [2.45, 2.75) is 18.0 Å². The number of amides is 2. The van der Waals surface area contributed by atoms with Crippen molar-refractivity contribution in [3.63, 3.8) is 0 Å². The molecule has 2 amide bonds. The van der Waals surface area contributed by atoms with Crippen LogP contribution in [0.15, 0.2) is 54.6 Å². The molecule has 2 aromatic rings. The molecule has 1 N–H and O–H groups in total. The number of ether oxygens (including phenoxy) is 1. The number of hydrogen-bond acceptors (Lipinski definition) is 5. The number of carbonyl (C=O) groups is 3. The van der Waals surface area contributed by atoms with Gasteiger partial charge in [0, 0.05) is 25.1 Å². The number of fused-ring (bicyclic) bond motifs is 1. The van der Waals surface area contributed by atoms with Gasteiger partial charge in [-0.2, -0.15) is 0 Å². The molecule has 6 nitrogen and oxygen atoms in total. The summed E-state index contributed by atoms with van der Waals surface area (Å²) in [5.74, 6) is -3.93. The monoisotopic (exact) mass is 396 g/mol. The number of likely N-dealkylation sites (tertiary alicyclic amines) is 1. The largest absolute Gasteiger partial charge is 0.468 e. The lowest BCUT2D eigenvalue weighted by atomic mass is 9.76. The van der Waals surface area contributed by atoms with Gasteiger partial charge in [-0.1, -0.05) is 48.5 Å². The Morgan fingerprint density at radius 1 is 1.10 bits per heavy atom. The number of esters is 1. The molecule has 2 aliphatic heterocycles. The molecular weight excluding hydrogens is 375 g/mol. The Morgan fingerprint density at radius 3 is 2.41 bits per heavy atom. The number of carbonyl (C=O) groups excluding carboxylic acids is 3. The van der Waals surface area contributed by atoms with Crippen LogP contribution in [0.1, 0.15) is 17.2 Å². The van der Waals surface area contributed by atoms with Crippen LogP contribution in [0.2, 0.25) is 0 Å². The fourth-order valence-corrected chi connectivity index (χ4v) is 4.66. The average Bonchev–Trinajstić information content (AvgIpc) is 3.18. The van der Waals surface area contributed by atoms with E-state index in [0.29, 0.717) is 0 Å². The Balaban J connectivity index is 1.88. The molecule has 29 heavy (non-hydrogen) atoms. The first kappa shape index (κ1) is 19.3. The van der Waals surface area contributed by atoms with Crippen molar-refractivity contribution in [3.8, 4) is 0 Å². The topological polar surface area (TPSA) is 75.7 Å². The molecule has 0 unspecified atom stereocenters. The van der Waals surface area contributed by atoms with Crippen molar-refractivity contribution in [2.75, 3.05) is 14.2 Å². The molecule has 150 valence electrons. The maximum absolute atomic E-state index is 14.6. The minimum absolute atomic E-state index is 0.138. The molecule has 2 aromatic carbocycles. The number of methoxy groups -OCH3 is 1. The Labute approximate surface area is 167 Å². The fourth-order valence-electron chi connectivity index (χ4n) is 4.66.